The van der Waals surface area contributed by atoms with Crippen molar-refractivity contribution in [3.8, 4) is 0 Å². The average molecular weight is 294 g/mol. The molecule has 0 unspecified atom stereocenters. The Morgan fingerprint density at radius 1 is 1.24 bits per heavy atom. The van der Waals surface area contributed by atoms with Crippen LogP contribution in [0.25, 0.3) is 0 Å². The number of carbonyl (C=O) groups is 2. The van der Waals surface area contributed by atoms with Crippen LogP contribution in [0.2, 0.25) is 0 Å². The topological polar surface area (TPSA) is 67.7 Å². The lowest BCUT2D eigenvalue weighted by Crippen LogP contribution is -2.50. The van der Waals surface area contributed by atoms with E-state index < -0.39 is 0 Å². The van der Waals surface area contributed by atoms with Crippen molar-refractivity contribution < 1.29 is 14.3 Å². The van der Waals surface area contributed by atoms with Crippen molar-refractivity contribution in [3.63, 3.8) is 0 Å². The molecule has 2 heterocycles. The molecule has 21 heavy (non-hydrogen) atoms. The summed E-state index contributed by atoms with van der Waals surface area (Å²) in [6, 6.07) is 0. The van der Waals surface area contributed by atoms with Gasteiger partial charge in [0, 0.05) is 38.9 Å². The minimum Gasteiger partial charge on any atom is -0.453 e. The Morgan fingerprint density at radius 3 is 2.43 bits per heavy atom. The number of amides is 2. The highest BCUT2D eigenvalue weighted by atomic mass is 16.5. The number of ether oxygens (including phenoxy) is 1. The molecule has 2 rings (SSSR count). The van der Waals surface area contributed by atoms with Crippen molar-refractivity contribution in [3.05, 3.63) is 17.5 Å². The lowest BCUT2D eigenvalue weighted by Gasteiger charge is -2.33. The number of nitrogens with zero attached hydrogens (tertiary/aromatic N) is 4. The second-order valence-corrected chi connectivity index (χ2v) is 5.14. The van der Waals surface area contributed by atoms with Crippen LogP contribution in [0.1, 0.15) is 29.4 Å². The lowest BCUT2D eigenvalue weighted by molar-refractivity contribution is 0.0599. The van der Waals surface area contributed by atoms with Crippen LogP contribution < -0.4 is 0 Å². The number of aromatic nitrogens is 2. The van der Waals surface area contributed by atoms with Gasteiger partial charge in [-0.05, 0) is 13.3 Å². The van der Waals surface area contributed by atoms with Crippen LogP contribution in [0.15, 0.2) is 6.20 Å². The van der Waals surface area contributed by atoms with Gasteiger partial charge >= 0.3 is 6.09 Å². The Labute approximate surface area is 124 Å². The molecule has 0 N–H and O–H groups in total. The highest BCUT2D eigenvalue weighted by Gasteiger charge is 2.26. The summed E-state index contributed by atoms with van der Waals surface area (Å²) in [5, 5.41) is 4.36. The van der Waals surface area contributed by atoms with Crippen LogP contribution in [-0.4, -0.2) is 64.9 Å². The molecule has 0 saturated carbocycles. The molecule has 0 bridgehead atoms. The molecule has 7 heteroatoms. The van der Waals surface area contributed by atoms with Gasteiger partial charge in [-0.2, -0.15) is 5.10 Å². The molecule has 116 valence electrons. The summed E-state index contributed by atoms with van der Waals surface area (Å²) in [5.41, 5.74) is 1.40. The third kappa shape index (κ3) is 3.34. The predicted molar refractivity (Wildman–Crippen MR) is 77.1 cm³/mol. The van der Waals surface area contributed by atoms with Gasteiger partial charge in [0.1, 0.15) is 0 Å². The summed E-state index contributed by atoms with van der Waals surface area (Å²) >= 11 is 0. The maximum Gasteiger partial charge on any atom is 0.409 e. The molecular formula is C14H22N4O3. The van der Waals surface area contributed by atoms with Gasteiger partial charge in [-0.15, -0.1) is 0 Å². The summed E-state index contributed by atoms with van der Waals surface area (Å²) in [5.74, 6) is -0.0145. The van der Waals surface area contributed by atoms with Gasteiger partial charge in [-0.3, -0.25) is 9.48 Å². The van der Waals surface area contributed by atoms with Crippen molar-refractivity contribution >= 4 is 12.0 Å². The first-order valence-corrected chi connectivity index (χ1v) is 7.23. The third-order valence-corrected chi connectivity index (χ3v) is 3.63. The van der Waals surface area contributed by atoms with E-state index in [1.54, 1.807) is 9.80 Å². The summed E-state index contributed by atoms with van der Waals surface area (Å²) < 4.78 is 6.50. The van der Waals surface area contributed by atoms with Crippen molar-refractivity contribution in [2.45, 2.75) is 26.8 Å². The smallest absolute Gasteiger partial charge is 0.409 e. The van der Waals surface area contributed by atoms with Crippen molar-refractivity contribution in [2.24, 2.45) is 0 Å². The fourth-order valence-corrected chi connectivity index (χ4v) is 2.46. The highest BCUT2D eigenvalue weighted by Crippen LogP contribution is 2.13. The van der Waals surface area contributed by atoms with E-state index >= 15 is 0 Å². The quantitative estimate of drug-likeness (QED) is 0.838. The molecule has 1 aliphatic rings. The zero-order valence-electron chi connectivity index (χ0n) is 12.8. The standard InChI is InChI=1S/C14H22N4O3/c1-4-5-18-10-12(11(2)15-18)13(19)16-6-8-17(9-7-16)14(20)21-3/h10H,4-9H2,1-3H3. The van der Waals surface area contributed by atoms with Gasteiger partial charge in [0.05, 0.1) is 18.4 Å². The first-order chi connectivity index (χ1) is 10.1. The van der Waals surface area contributed by atoms with E-state index in [0.29, 0.717) is 31.7 Å². The molecule has 0 aliphatic carbocycles. The SMILES string of the molecule is CCCn1cc(C(=O)N2CCN(C(=O)OC)CC2)c(C)n1. The normalized spacial score (nSPS) is 15.2. The Balaban J connectivity index is 2.00. The first kappa shape index (κ1) is 15.3. The molecule has 0 atom stereocenters. The van der Waals surface area contributed by atoms with E-state index in [1.165, 1.54) is 7.11 Å². The lowest BCUT2D eigenvalue weighted by atomic mass is 10.2. The number of rotatable bonds is 3. The summed E-state index contributed by atoms with van der Waals surface area (Å²) in [6.07, 6.45) is 2.45. The number of hydrogen-bond donors (Lipinski definition) is 0. The first-order valence-electron chi connectivity index (χ1n) is 7.23. The molecule has 0 radical (unpaired) electrons. The van der Waals surface area contributed by atoms with E-state index in [9.17, 15) is 9.59 Å². The van der Waals surface area contributed by atoms with E-state index in [-0.39, 0.29) is 12.0 Å². The molecule has 1 aromatic heterocycles. The van der Waals surface area contributed by atoms with Crippen LogP contribution in [0.4, 0.5) is 4.79 Å². The summed E-state index contributed by atoms with van der Waals surface area (Å²) in [4.78, 5) is 27.3. The molecule has 7 nitrogen and oxygen atoms in total. The summed E-state index contributed by atoms with van der Waals surface area (Å²) in [7, 11) is 1.37. The minimum atomic E-state index is -0.339. The number of hydrogen-bond acceptors (Lipinski definition) is 4. The molecular weight excluding hydrogens is 272 g/mol. The highest BCUT2D eigenvalue weighted by molar-refractivity contribution is 5.95. The minimum absolute atomic E-state index is 0.0145. The van der Waals surface area contributed by atoms with Gasteiger partial charge < -0.3 is 14.5 Å². The Kier molecular flexibility index (Phi) is 4.82. The largest absolute Gasteiger partial charge is 0.453 e. The zero-order chi connectivity index (χ0) is 15.4. The number of piperazine rings is 1. The van der Waals surface area contributed by atoms with Crippen LogP contribution >= 0.6 is 0 Å². The number of aryl methyl sites for hydroxylation is 2. The van der Waals surface area contributed by atoms with Gasteiger partial charge in [-0.25, -0.2) is 4.79 Å². The summed E-state index contributed by atoms with van der Waals surface area (Å²) in [6.45, 7) is 6.78. The van der Waals surface area contributed by atoms with E-state index in [1.807, 2.05) is 17.8 Å². The number of methoxy groups -OCH3 is 1. The van der Waals surface area contributed by atoms with Crippen molar-refractivity contribution in [1.82, 2.24) is 19.6 Å². The average Bonchev–Trinajstić information content (AvgIpc) is 2.87. The molecule has 1 saturated heterocycles. The Bertz CT molecular complexity index is 518. The van der Waals surface area contributed by atoms with Crippen molar-refractivity contribution in [1.29, 1.82) is 0 Å². The van der Waals surface area contributed by atoms with Gasteiger partial charge in [0.2, 0.25) is 0 Å². The Morgan fingerprint density at radius 2 is 1.86 bits per heavy atom. The molecule has 2 amide bonds. The molecule has 0 spiro atoms. The predicted octanol–water partition coefficient (Wildman–Crippen LogP) is 1.13. The third-order valence-electron chi connectivity index (χ3n) is 3.63. The second-order valence-electron chi connectivity index (χ2n) is 5.14. The van der Waals surface area contributed by atoms with Gasteiger partial charge in [-0.1, -0.05) is 6.92 Å². The van der Waals surface area contributed by atoms with Crippen LogP contribution in [0, 0.1) is 6.92 Å². The fraction of sp³-hybridized carbons (Fsp3) is 0.643. The number of carbonyl (C=O) groups excluding carboxylic acids is 2. The molecule has 1 fully saturated rings. The van der Waals surface area contributed by atoms with Crippen molar-refractivity contribution in [2.75, 3.05) is 33.3 Å². The van der Waals surface area contributed by atoms with Crippen LogP contribution in [-0.2, 0) is 11.3 Å². The molecule has 1 aliphatic heterocycles. The second kappa shape index (κ2) is 6.60. The van der Waals surface area contributed by atoms with Gasteiger partial charge in [0.25, 0.3) is 5.91 Å². The maximum atomic E-state index is 12.5. The fourth-order valence-electron chi connectivity index (χ4n) is 2.46. The Hall–Kier alpha value is -2.05. The monoisotopic (exact) mass is 294 g/mol. The van der Waals surface area contributed by atoms with E-state index in [4.69, 9.17) is 0 Å². The molecule has 0 aromatic carbocycles. The zero-order valence-corrected chi connectivity index (χ0v) is 12.8. The maximum absolute atomic E-state index is 12.5. The van der Waals surface area contributed by atoms with E-state index in [2.05, 4.69) is 16.8 Å². The van der Waals surface area contributed by atoms with E-state index in [0.717, 1.165) is 18.7 Å². The van der Waals surface area contributed by atoms with Crippen LogP contribution in [0.3, 0.4) is 0 Å². The molecule has 1 aromatic rings. The van der Waals surface area contributed by atoms with Crippen LogP contribution in [0.5, 0.6) is 0 Å². The van der Waals surface area contributed by atoms with Gasteiger partial charge in [0.15, 0.2) is 0 Å².